The molecule has 0 radical (unpaired) electrons. The maximum atomic E-state index is 12.6. The fraction of sp³-hybridized carbons (Fsp3) is 0.200. The quantitative estimate of drug-likeness (QED) is 0.637. The Hall–Kier alpha value is -3.88. The largest absolute Gasteiger partial charge is 0.497 e. The van der Waals surface area contributed by atoms with E-state index in [2.05, 4.69) is 20.7 Å². The molecule has 9 nitrogen and oxygen atoms in total. The Kier molecular flexibility index (Phi) is 6.08. The molecule has 0 saturated carbocycles. The van der Waals surface area contributed by atoms with Crippen LogP contribution in [-0.2, 0) is 4.79 Å². The Morgan fingerprint density at radius 2 is 1.69 bits per heavy atom. The molecule has 150 valence electrons. The Balaban J connectivity index is 1.66. The van der Waals surface area contributed by atoms with Gasteiger partial charge in [0.1, 0.15) is 30.2 Å². The van der Waals surface area contributed by atoms with E-state index in [1.165, 1.54) is 31.6 Å². The third kappa shape index (κ3) is 4.70. The van der Waals surface area contributed by atoms with Crippen molar-refractivity contribution in [2.45, 2.75) is 13.0 Å². The van der Waals surface area contributed by atoms with Gasteiger partial charge in [0.05, 0.1) is 19.8 Å². The number of nitrogens with zero attached hydrogens (tertiary/aromatic N) is 3. The zero-order valence-corrected chi connectivity index (χ0v) is 16.2. The van der Waals surface area contributed by atoms with Gasteiger partial charge in [-0.1, -0.05) is 0 Å². The van der Waals surface area contributed by atoms with E-state index in [0.717, 1.165) is 0 Å². The predicted molar refractivity (Wildman–Crippen MR) is 107 cm³/mol. The Morgan fingerprint density at radius 3 is 2.28 bits per heavy atom. The minimum atomic E-state index is -0.502. The van der Waals surface area contributed by atoms with Crippen molar-refractivity contribution < 1.29 is 19.1 Å². The van der Waals surface area contributed by atoms with Gasteiger partial charge in [-0.15, -0.1) is 0 Å². The molecule has 0 saturated heterocycles. The maximum absolute atomic E-state index is 12.6. The van der Waals surface area contributed by atoms with Crippen LogP contribution in [0.2, 0.25) is 0 Å². The standard InChI is InChI=1S/C20H21N5O4/c1-13(25-12-21-11-22-25)19(26)23-14-4-6-15(7-5-14)24-20(27)17-10-16(28-2)8-9-18(17)29-3/h4-13H,1-3H3,(H,23,26)(H,24,27)/t13-/m0/s1. The third-order valence-electron chi connectivity index (χ3n) is 4.27. The molecule has 0 aliphatic carbocycles. The van der Waals surface area contributed by atoms with Gasteiger partial charge in [-0.25, -0.2) is 9.67 Å². The van der Waals surface area contributed by atoms with Gasteiger partial charge in [0.2, 0.25) is 5.91 Å². The van der Waals surface area contributed by atoms with E-state index in [4.69, 9.17) is 9.47 Å². The molecule has 1 heterocycles. The van der Waals surface area contributed by atoms with Crippen molar-refractivity contribution in [1.29, 1.82) is 0 Å². The van der Waals surface area contributed by atoms with Crippen LogP contribution < -0.4 is 20.1 Å². The van der Waals surface area contributed by atoms with Gasteiger partial charge in [-0.3, -0.25) is 9.59 Å². The molecule has 29 heavy (non-hydrogen) atoms. The highest BCUT2D eigenvalue weighted by atomic mass is 16.5. The van der Waals surface area contributed by atoms with Crippen LogP contribution in [0.4, 0.5) is 11.4 Å². The first-order valence-electron chi connectivity index (χ1n) is 8.80. The molecule has 0 unspecified atom stereocenters. The van der Waals surface area contributed by atoms with Crippen LogP contribution in [0.25, 0.3) is 0 Å². The summed E-state index contributed by atoms with van der Waals surface area (Å²) in [5.74, 6) is 0.426. The number of nitrogens with one attached hydrogen (secondary N) is 2. The fourth-order valence-corrected chi connectivity index (χ4v) is 2.61. The highest BCUT2D eigenvalue weighted by Crippen LogP contribution is 2.25. The van der Waals surface area contributed by atoms with Crippen molar-refractivity contribution in [2.75, 3.05) is 24.9 Å². The molecule has 0 spiro atoms. The number of benzene rings is 2. The lowest BCUT2D eigenvalue weighted by molar-refractivity contribution is -0.119. The number of hydrogen-bond donors (Lipinski definition) is 2. The number of amides is 2. The SMILES string of the molecule is COc1ccc(OC)c(C(=O)Nc2ccc(NC(=O)[C@H](C)n3cncn3)cc2)c1. The van der Waals surface area contributed by atoms with Crippen LogP contribution in [0.5, 0.6) is 11.5 Å². The number of anilines is 2. The monoisotopic (exact) mass is 395 g/mol. The van der Waals surface area contributed by atoms with Crippen molar-refractivity contribution in [3.05, 3.63) is 60.7 Å². The molecule has 3 aromatic rings. The molecular formula is C20H21N5O4. The van der Waals surface area contributed by atoms with Crippen molar-refractivity contribution in [1.82, 2.24) is 14.8 Å². The zero-order valence-electron chi connectivity index (χ0n) is 16.2. The first-order valence-corrected chi connectivity index (χ1v) is 8.80. The second-order valence-corrected chi connectivity index (χ2v) is 6.14. The summed E-state index contributed by atoms with van der Waals surface area (Å²) in [5, 5.41) is 9.56. The minimum Gasteiger partial charge on any atom is -0.497 e. The van der Waals surface area contributed by atoms with E-state index in [9.17, 15) is 9.59 Å². The molecule has 2 aromatic carbocycles. The number of aromatic nitrogens is 3. The molecule has 2 N–H and O–H groups in total. The highest BCUT2D eigenvalue weighted by Gasteiger charge is 2.16. The summed E-state index contributed by atoms with van der Waals surface area (Å²) in [5.41, 5.74) is 1.52. The van der Waals surface area contributed by atoms with Gasteiger partial charge in [0, 0.05) is 11.4 Å². The van der Waals surface area contributed by atoms with Crippen molar-refractivity contribution in [3.63, 3.8) is 0 Å². The van der Waals surface area contributed by atoms with E-state index >= 15 is 0 Å². The smallest absolute Gasteiger partial charge is 0.259 e. The van der Waals surface area contributed by atoms with E-state index in [1.54, 1.807) is 49.4 Å². The zero-order chi connectivity index (χ0) is 20.8. The van der Waals surface area contributed by atoms with Gasteiger partial charge in [0.15, 0.2) is 0 Å². The van der Waals surface area contributed by atoms with Gasteiger partial charge in [-0.05, 0) is 49.4 Å². The molecule has 0 fully saturated rings. The van der Waals surface area contributed by atoms with Crippen LogP contribution >= 0.6 is 0 Å². The van der Waals surface area contributed by atoms with Crippen LogP contribution in [0.15, 0.2) is 55.1 Å². The first kappa shape index (κ1) is 19.9. The summed E-state index contributed by atoms with van der Waals surface area (Å²) < 4.78 is 11.9. The Bertz CT molecular complexity index is 987. The van der Waals surface area contributed by atoms with Gasteiger partial charge in [0.25, 0.3) is 5.91 Å². The van der Waals surface area contributed by atoms with Crippen LogP contribution in [0.1, 0.15) is 23.3 Å². The predicted octanol–water partition coefficient (Wildman–Crippen LogP) is 2.75. The molecular weight excluding hydrogens is 374 g/mol. The average Bonchev–Trinajstić information content (AvgIpc) is 3.28. The lowest BCUT2D eigenvalue weighted by atomic mass is 10.1. The van der Waals surface area contributed by atoms with Gasteiger partial charge in [-0.2, -0.15) is 5.10 Å². The second kappa shape index (κ2) is 8.87. The molecule has 0 aliphatic rings. The number of hydrogen-bond acceptors (Lipinski definition) is 6. The summed E-state index contributed by atoms with van der Waals surface area (Å²) in [7, 11) is 3.02. The van der Waals surface area contributed by atoms with E-state index in [-0.39, 0.29) is 11.8 Å². The summed E-state index contributed by atoms with van der Waals surface area (Å²) in [6.45, 7) is 1.72. The number of ether oxygens (including phenoxy) is 2. The minimum absolute atomic E-state index is 0.228. The molecule has 0 aliphatic heterocycles. The molecule has 3 rings (SSSR count). The summed E-state index contributed by atoms with van der Waals surface area (Å²) >= 11 is 0. The van der Waals surface area contributed by atoms with Gasteiger partial charge < -0.3 is 20.1 Å². The molecule has 2 amide bonds. The molecule has 1 atom stereocenters. The normalized spacial score (nSPS) is 11.4. The summed E-state index contributed by atoms with van der Waals surface area (Å²) in [6, 6.07) is 11.3. The van der Waals surface area contributed by atoms with E-state index in [1.807, 2.05) is 0 Å². The van der Waals surface area contributed by atoms with E-state index < -0.39 is 6.04 Å². The average molecular weight is 395 g/mol. The number of carbonyl (C=O) groups is 2. The van der Waals surface area contributed by atoms with Gasteiger partial charge >= 0.3 is 0 Å². The second-order valence-electron chi connectivity index (χ2n) is 6.14. The maximum Gasteiger partial charge on any atom is 0.259 e. The number of rotatable bonds is 7. The third-order valence-corrected chi connectivity index (χ3v) is 4.27. The Labute approximate surface area is 167 Å². The molecule has 1 aromatic heterocycles. The molecule has 9 heteroatoms. The van der Waals surface area contributed by atoms with Crippen molar-refractivity contribution in [3.8, 4) is 11.5 Å². The summed E-state index contributed by atoms with van der Waals surface area (Å²) in [4.78, 5) is 28.7. The van der Waals surface area contributed by atoms with Crippen LogP contribution in [0.3, 0.4) is 0 Å². The Morgan fingerprint density at radius 1 is 1.00 bits per heavy atom. The lowest BCUT2D eigenvalue weighted by Crippen LogP contribution is -2.24. The number of carbonyl (C=O) groups excluding carboxylic acids is 2. The van der Waals surface area contributed by atoms with Crippen molar-refractivity contribution in [2.24, 2.45) is 0 Å². The van der Waals surface area contributed by atoms with Crippen molar-refractivity contribution >= 4 is 23.2 Å². The van der Waals surface area contributed by atoms with Crippen LogP contribution in [-0.4, -0.2) is 40.8 Å². The lowest BCUT2D eigenvalue weighted by Gasteiger charge is -2.13. The summed E-state index contributed by atoms with van der Waals surface area (Å²) in [6.07, 6.45) is 2.86. The number of methoxy groups -OCH3 is 2. The van der Waals surface area contributed by atoms with E-state index in [0.29, 0.717) is 28.4 Å². The molecule has 0 bridgehead atoms. The van der Waals surface area contributed by atoms with Crippen LogP contribution in [0, 0.1) is 0 Å². The fourth-order valence-electron chi connectivity index (χ4n) is 2.61. The highest BCUT2D eigenvalue weighted by molar-refractivity contribution is 6.06. The topological polar surface area (TPSA) is 107 Å². The first-order chi connectivity index (χ1) is 14.0.